The molecule has 0 bridgehead atoms. The summed E-state index contributed by atoms with van der Waals surface area (Å²) in [5.41, 5.74) is 1.62. The van der Waals surface area contributed by atoms with Crippen molar-refractivity contribution in [2.45, 2.75) is 26.4 Å². The Morgan fingerprint density at radius 2 is 1.57 bits per heavy atom. The van der Waals surface area contributed by atoms with Gasteiger partial charge in [0.1, 0.15) is 11.6 Å². The van der Waals surface area contributed by atoms with Crippen molar-refractivity contribution >= 4 is 11.4 Å². The molecular formula is C17H20F2N2. The molecular weight excluding hydrogens is 270 g/mol. The largest absolute Gasteiger partial charge is 0.342 e. The van der Waals surface area contributed by atoms with Gasteiger partial charge in [0.05, 0.1) is 5.69 Å². The van der Waals surface area contributed by atoms with E-state index in [0.29, 0.717) is 23.5 Å². The highest BCUT2D eigenvalue weighted by Gasteiger charge is 2.15. The van der Waals surface area contributed by atoms with Crippen LogP contribution in [0.25, 0.3) is 0 Å². The first-order chi connectivity index (χ1) is 10.0. The molecule has 0 aliphatic rings. The van der Waals surface area contributed by atoms with Gasteiger partial charge in [-0.25, -0.2) is 8.78 Å². The molecule has 112 valence electrons. The van der Waals surface area contributed by atoms with E-state index in [9.17, 15) is 8.78 Å². The maximum absolute atomic E-state index is 14.1. The number of anilines is 2. The Kier molecular flexibility index (Phi) is 4.91. The average molecular weight is 290 g/mol. The van der Waals surface area contributed by atoms with Crippen LogP contribution in [-0.2, 0) is 6.54 Å². The topological polar surface area (TPSA) is 15.3 Å². The minimum atomic E-state index is -0.327. The molecule has 0 aliphatic carbocycles. The molecule has 1 N–H and O–H groups in total. The summed E-state index contributed by atoms with van der Waals surface area (Å²) < 4.78 is 28.0. The maximum atomic E-state index is 14.1. The zero-order valence-corrected chi connectivity index (χ0v) is 12.5. The molecule has 0 unspecified atom stereocenters. The molecule has 0 saturated heterocycles. The monoisotopic (exact) mass is 290 g/mol. The number of nitrogens with one attached hydrogen (secondary N) is 1. The van der Waals surface area contributed by atoms with Gasteiger partial charge in [-0.3, -0.25) is 0 Å². The first-order valence-electron chi connectivity index (χ1n) is 6.99. The van der Waals surface area contributed by atoms with Gasteiger partial charge in [-0.15, -0.1) is 0 Å². The lowest BCUT2D eigenvalue weighted by Gasteiger charge is -2.24. The molecule has 2 nitrogen and oxygen atoms in total. The van der Waals surface area contributed by atoms with E-state index in [-0.39, 0.29) is 17.7 Å². The quantitative estimate of drug-likeness (QED) is 0.886. The van der Waals surface area contributed by atoms with Gasteiger partial charge in [0.2, 0.25) is 0 Å². The second kappa shape index (κ2) is 6.68. The maximum Gasteiger partial charge on any atom is 0.146 e. The van der Waals surface area contributed by atoms with E-state index >= 15 is 0 Å². The SMILES string of the molecule is CC(C)NCc1c(F)cccc1N(C)c1ccccc1F. The van der Waals surface area contributed by atoms with Crippen LogP contribution in [0, 0.1) is 11.6 Å². The van der Waals surface area contributed by atoms with Crippen molar-refractivity contribution in [3.05, 3.63) is 59.7 Å². The smallest absolute Gasteiger partial charge is 0.146 e. The van der Waals surface area contributed by atoms with Crippen molar-refractivity contribution in [1.29, 1.82) is 0 Å². The minimum Gasteiger partial charge on any atom is -0.342 e. The van der Waals surface area contributed by atoms with E-state index in [1.807, 2.05) is 13.8 Å². The molecule has 0 aromatic heterocycles. The van der Waals surface area contributed by atoms with Crippen LogP contribution < -0.4 is 10.2 Å². The third kappa shape index (κ3) is 3.58. The molecule has 2 aromatic carbocycles. The minimum absolute atomic E-state index is 0.247. The summed E-state index contributed by atoms with van der Waals surface area (Å²) >= 11 is 0. The lowest BCUT2D eigenvalue weighted by Crippen LogP contribution is -2.24. The first-order valence-corrected chi connectivity index (χ1v) is 6.99. The molecule has 0 heterocycles. The highest BCUT2D eigenvalue weighted by Crippen LogP contribution is 2.30. The van der Waals surface area contributed by atoms with Crippen LogP contribution in [0.2, 0.25) is 0 Å². The Morgan fingerprint density at radius 1 is 0.952 bits per heavy atom. The Bertz CT molecular complexity index is 611. The van der Waals surface area contributed by atoms with Gasteiger partial charge >= 0.3 is 0 Å². The van der Waals surface area contributed by atoms with Crippen molar-refractivity contribution in [2.24, 2.45) is 0 Å². The van der Waals surface area contributed by atoms with Gasteiger partial charge in [-0.05, 0) is 24.3 Å². The van der Waals surface area contributed by atoms with Crippen LogP contribution in [-0.4, -0.2) is 13.1 Å². The highest BCUT2D eigenvalue weighted by atomic mass is 19.1. The molecule has 0 amide bonds. The van der Waals surface area contributed by atoms with Crippen LogP contribution in [0.5, 0.6) is 0 Å². The van der Waals surface area contributed by atoms with Crippen molar-refractivity contribution in [1.82, 2.24) is 5.32 Å². The fourth-order valence-corrected chi connectivity index (χ4v) is 2.20. The second-order valence-corrected chi connectivity index (χ2v) is 5.28. The van der Waals surface area contributed by atoms with E-state index in [1.165, 1.54) is 12.1 Å². The van der Waals surface area contributed by atoms with E-state index in [0.717, 1.165) is 0 Å². The summed E-state index contributed by atoms with van der Waals surface area (Å²) in [6, 6.07) is 11.6. The molecule has 2 rings (SSSR count). The summed E-state index contributed by atoms with van der Waals surface area (Å²) in [7, 11) is 1.74. The molecule has 0 fully saturated rings. The zero-order chi connectivity index (χ0) is 15.4. The lowest BCUT2D eigenvalue weighted by molar-refractivity contribution is 0.553. The third-order valence-corrected chi connectivity index (χ3v) is 3.36. The molecule has 0 radical (unpaired) electrons. The highest BCUT2D eigenvalue weighted by molar-refractivity contribution is 5.66. The van der Waals surface area contributed by atoms with Crippen LogP contribution in [0.3, 0.4) is 0 Å². The molecule has 0 atom stereocenters. The fourth-order valence-electron chi connectivity index (χ4n) is 2.20. The number of para-hydroxylation sites is 1. The lowest BCUT2D eigenvalue weighted by atomic mass is 10.1. The van der Waals surface area contributed by atoms with Crippen molar-refractivity contribution in [2.75, 3.05) is 11.9 Å². The fraction of sp³-hybridized carbons (Fsp3) is 0.294. The summed E-state index contributed by atoms with van der Waals surface area (Å²) in [5.74, 6) is -0.615. The van der Waals surface area contributed by atoms with Gasteiger partial charge in [-0.1, -0.05) is 32.0 Å². The summed E-state index contributed by atoms with van der Waals surface area (Å²) in [4.78, 5) is 1.68. The van der Waals surface area contributed by atoms with Gasteiger partial charge in [0.25, 0.3) is 0 Å². The molecule has 2 aromatic rings. The zero-order valence-electron chi connectivity index (χ0n) is 12.5. The molecule has 0 aliphatic heterocycles. The van der Waals surface area contributed by atoms with E-state index in [1.54, 1.807) is 42.3 Å². The summed E-state index contributed by atoms with van der Waals surface area (Å²) in [6.07, 6.45) is 0. The Hall–Kier alpha value is -1.94. The molecule has 4 heteroatoms. The number of rotatable bonds is 5. The number of hydrogen-bond acceptors (Lipinski definition) is 2. The Morgan fingerprint density at radius 3 is 2.24 bits per heavy atom. The number of halogens is 2. The predicted octanol–water partition coefficient (Wildman–Crippen LogP) is 4.23. The van der Waals surface area contributed by atoms with E-state index in [2.05, 4.69) is 5.32 Å². The number of nitrogens with zero attached hydrogens (tertiary/aromatic N) is 1. The second-order valence-electron chi connectivity index (χ2n) is 5.28. The standard InChI is InChI=1S/C17H20F2N2/c1-12(2)20-11-13-14(18)8-6-10-16(13)21(3)17-9-5-4-7-15(17)19/h4-10,12,20H,11H2,1-3H3. The molecule has 0 saturated carbocycles. The first kappa shape index (κ1) is 15.4. The Balaban J connectivity index is 2.39. The third-order valence-electron chi connectivity index (χ3n) is 3.36. The van der Waals surface area contributed by atoms with Gasteiger partial charge < -0.3 is 10.2 Å². The number of hydrogen-bond donors (Lipinski definition) is 1. The van der Waals surface area contributed by atoms with E-state index in [4.69, 9.17) is 0 Å². The van der Waals surface area contributed by atoms with Gasteiger partial charge in [0.15, 0.2) is 0 Å². The average Bonchev–Trinajstić information content (AvgIpc) is 2.45. The van der Waals surface area contributed by atoms with Gasteiger partial charge in [0, 0.05) is 30.9 Å². The summed E-state index contributed by atoms with van der Waals surface area (Å²) in [6.45, 7) is 4.40. The van der Waals surface area contributed by atoms with Crippen LogP contribution >= 0.6 is 0 Å². The summed E-state index contributed by atoms with van der Waals surface area (Å²) in [5, 5.41) is 3.20. The molecule has 21 heavy (non-hydrogen) atoms. The van der Waals surface area contributed by atoms with Crippen LogP contribution in [0.1, 0.15) is 19.4 Å². The normalized spacial score (nSPS) is 11.0. The predicted molar refractivity (Wildman–Crippen MR) is 82.8 cm³/mol. The van der Waals surface area contributed by atoms with Crippen molar-refractivity contribution in [3.8, 4) is 0 Å². The van der Waals surface area contributed by atoms with Crippen molar-refractivity contribution < 1.29 is 8.78 Å². The van der Waals surface area contributed by atoms with Crippen LogP contribution in [0.15, 0.2) is 42.5 Å². The van der Waals surface area contributed by atoms with Crippen LogP contribution in [0.4, 0.5) is 20.2 Å². The van der Waals surface area contributed by atoms with E-state index < -0.39 is 0 Å². The molecule has 0 spiro atoms. The van der Waals surface area contributed by atoms with Gasteiger partial charge in [-0.2, -0.15) is 0 Å². The number of benzene rings is 2. The Labute approximate surface area is 124 Å². The van der Waals surface area contributed by atoms with Crippen molar-refractivity contribution in [3.63, 3.8) is 0 Å².